The molecule has 1 aliphatic heterocycles. The summed E-state index contributed by atoms with van der Waals surface area (Å²) in [5.41, 5.74) is 0. The highest BCUT2D eigenvalue weighted by Gasteiger charge is 2.49. The number of fused-ring (bicyclic) bond motifs is 1. The van der Waals surface area contributed by atoms with Gasteiger partial charge >= 0.3 is 12.1 Å². The first-order valence-corrected chi connectivity index (χ1v) is 21.9. The Kier molecular flexibility index (Phi) is 32.1. The van der Waals surface area contributed by atoms with E-state index in [9.17, 15) is 19.2 Å². The molecule has 3 aliphatic rings. The number of nitrogens with zero attached hydrogens (tertiary/aromatic N) is 1. The van der Waals surface area contributed by atoms with Crippen molar-refractivity contribution >= 4 is 23.9 Å². The van der Waals surface area contributed by atoms with E-state index in [-0.39, 0.29) is 38.6 Å². The lowest BCUT2D eigenvalue weighted by Gasteiger charge is -2.12. The van der Waals surface area contributed by atoms with E-state index in [0.29, 0.717) is 181 Å². The van der Waals surface area contributed by atoms with Gasteiger partial charge in [0.2, 0.25) is 0 Å². The van der Waals surface area contributed by atoms with Crippen LogP contribution < -0.4 is 5.32 Å². The van der Waals surface area contributed by atoms with E-state index in [1.54, 1.807) is 0 Å². The van der Waals surface area contributed by atoms with Crippen LogP contribution in [0.4, 0.5) is 4.79 Å². The highest BCUT2D eigenvalue weighted by molar-refractivity contribution is 6.01. The average molecular weight is 891 g/mol. The summed E-state index contributed by atoms with van der Waals surface area (Å²) in [6.07, 6.45) is 3.79. The van der Waals surface area contributed by atoms with E-state index < -0.39 is 17.8 Å². The number of hydroxylamine groups is 2. The number of amides is 3. The molecule has 1 saturated carbocycles. The van der Waals surface area contributed by atoms with Gasteiger partial charge < -0.3 is 71.7 Å². The van der Waals surface area contributed by atoms with E-state index in [1.165, 1.54) is 0 Å². The van der Waals surface area contributed by atoms with E-state index in [0.717, 1.165) is 25.7 Å². The van der Waals surface area contributed by atoms with Crippen LogP contribution >= 0.6 is 0 Å². The van der Waals surface area contributed by atoms with Gasteiger partial charge in [-0.25, -0.2) is 9.59 Å². The second kappa shape index (κ2) is 37.3. The Balaban J connectivity index is 0.882. The number of imide groups is 1. The highest BCUT2D eigenvalue weighted by atomic mass is 16.7. The molecule has 0 bridgehead atoms. The minimum atomic E-state index is -0.703. The van der Waals surface area contributed by atoms with Gasteiger partial charge in [-0.05, 0) is 30.6 Å². The number of alkyl carbamates (subject to hydrolysis) is 1. The van der Waals surface area contributed by atoms with Crippen molar-refractivity contribution in [2.45, 2.75) is 44.9 Å². The molecule has 2 atom stereocenters. The van der Waals surface area contributed by atoms with Crippen molar-refractivity contribution in [3.63, 3.8) is 0 Å². The summed E-state index contributed by atoms with van der Waals surface area (Å²) < 4.78 is 70.9. The molecule has 0 unspecified atom stereocenters. The maximum atomic E-state index is 11.9. The number of rotatable bonds is 42. The highest BCUT2D eigenvalue weighted by Crippen LogP contribution is 2.52. The van der Waals surface area contributed by atoms with Crippen LogP contribution in [0.15, 0.2) is 0 Å². The van der Waals surface area contributed by atoms with Gasteiger partial charge in [0.05, 0.1) is 172 Å². The number of hydrogen-bond acceptors (Lipinski definition) is 18. The Morgan fingerprint density at radius 1 is 0.484 bits per heavy atom. The second-order valence-corrected chi connectivity index (χ2v) is 14.1. The van der Waals surface area contributed by atoms with Crippen LogP contribution in [0.5, 0.6) is 0 Å². The van der Waals surface area contributed by atoms with Gasteiger partial charge in [-0.3, -0.25) is 9.59 Å². The maximum absolute atomic E-state index is 11.9. The number of nitrogens with one attached hydrogen (secondary N) is 1. The molecule has 1 N–H and O–H groups in total. The summed E-state index contributed by atoms with van der Waals surface area (Å²) in [6.45, 7) is 11.1. The summed E-state index contributed by atoms with van der Waals surface area (Å²) in [4.78, 5) is 51.2. The summed E-state index contributed by atoms with van der Waals surface area (Å²) in [6, 6.07) is 0. The Labute approximate surface area is 365 Å². The largest absolute Gasteiger partial charge is 0.449 e. The topological polar surface area (TPSA) is 213 Å². The van der Waals surface area contributed by atoms with Crippen molar-refractivity contribution in [2.75, 3.05) is 172 Å². The summed E-state index contributed by atoms with van der Waals surface area (Å²) in [5.74, 6) is 6.48. The van der Waals surface area contributed by atoms with E-state index in [1.807, 2.05) is 0 Å². The molecule has 1 saturated heterocycles. The smallest absolute Gasteiger partial charge is 0.407 e. The van der Waals surface area contributed by atoms with Crippen molar-refractivity contribution in [2.24, 2.45) is 17.8 Å². The molecule has 0 spiro atoms. The van der Waals surface area contributed by atoms with Crippen LogP contribution in [0.1, 0.15) is 44.9 Å². The second-order valence-electron chi connectivity index (χ2n) is 14.1. The molecule has 356 valence electrons. The lowest BCUT2D eigenvalue weighted by molar-refractivity contribution is -0.198. The van der Waals surface area contributed by atoms with Gasteiger partial charge in [0.15, 0.2) is 0 Å². The normalized spacial score (nSPS) is 18.2. The van der Waals surface area contributed by atoms with Crippen LogP contribution in [0.2, 0.25) is 0 Å². The van der Waals surface area contributed by atoms with Gasteiger partial charge in [-0.2, -0.15) is 0 Å². The summed E-state index contributed by atoms with van der Waals surface area (Å²) in [7, 11) is 0. The van der Waals surface area contributed by atoms with Crippen LogP contribution in [-0.2, 0) is 80.8 Å². The van der Waals surface area contributed by atoms with Crippen molar-refractivity contribution in [3.05, 3.63) is 0 Å². The van der Waals surface area contributed by atoms with Crippen LogP contribution in [0, 0.1) is 29.6 Å². The van der Waals surface area contributed by atoms with Gasteiger partial charge in [-0.15, -0.1) is 16.9 Å². The Morgan fingerprint density at radius 3 is 1.16 bits per heavy atom. The average Bonchev–Trinajstić information content (AvgIpc) is 3.81. The quantitative estimate of drug-likeness (QED) is 0.0521. The van der Waals surface area contributed by atoms with Gasteiger partial charge in [-0.1, -0.05) is 0 Å². The molecule has 0 aromatic carbocycles. The number of carbonyl (C=O) groups is 4. The maximum Gasteiger partial charge on any atom is 0.407 e. The van der Waals surface area contributed by atoms with E-state index >= 15 is 0 Å². The fraction of sp³-hybridized carbons (Fsp3) is 0.857. The van der Waals surface area contributed by atoms with Gasteiger partial charge in [0.25, 0.3) is 11.8 Å². The predicted molar refractivity (Wildman–Crippen MR) is 218 cm³/mol. The first kappa shape index (κ1) is 53.3. The van der Waals surface area contributed by atoms with Crippen LogP contribution in [-0.4, -0.2) is 201 Å². The number of carbonyl (C=O) groups excluding carboxylic acids is 4. The predicted octanol–water partition coefficient (Wildman–Crippen LogP) is 1.35. The van der Waals surface area contributed by atoms with Crippen molar-refractivity contribution in [1.29, 1.82) is 0 Å². The molecule has 20 nitrogen and oxygen atoms in total. The fourth-order valence-electron chi connectivity index (χ4n) is 6.21. The molecular formula is C42H70N2O18. The lowest BCUT2D eigenvalue weighted by Crippen LogP contribution is -2.32. The molecule has 0 aromatic heterocycles. The molecular weight excluding hydrogens is 820 g/mol. The molecule has 2 aliphatic carbocycles. The SMILES string of the molecule is O=C(CCOCCOCCOCCOCCOCCOCCOCCOCCOCCOCCOCCOCCNC(=O)OCC1[C@@H]2CCC#CCC[C@@H]12)ON1C(=O)CCC1=O. The van der Waals surface area contributed by atoms with Crippen LogP contribution in [0.3, 0.4) is 0 Å². The van der Waals surface area contributed by atoms with Crippen LogP contribution in [0.25, 0.3) is 0 Å². The first-order valence-electron chi connectivity index (χ1n) is 21.9. The number of hydrogen-bond donors (Lipinski definition) is 1. The van der Waals surface area contributed by atoms with Crippen molar-refractivity contribution < 1.29 is 85.6 Å². The minimum Gasteiger partial charge on any atom is -0.449 e. The summed E-state index contributed by atoms with van der Waals surface area (Å²) in [5, 5.41) is 3.25. The Bertz CT molecular complexity index is 1220. The zero-order valence-electron chi connectivity index (χ0n) is 36.4. The third kappa shape index (κ3) is 27.9. The minimum absolute atomic E-state index is 0.0551. The third-order valence-corrected chi connectivity index (χ3v) is 9.50. The molecule has 3 rings (SSSR count). The van der Waals surface area contributed by atoms with Gasteiger partial charge in [0, 0.05) is 32.2 Å². The molecule has 0 radical (unpaired) electrons. The first-order chi connectivity index (χ1) is 30.6. The fourth-order valence-corrected chi connectivity index (χ4v) is 6.21. The molecule has 1 heterocycles. The molecule has 0 aromatic rings. The van der Waals surface area contributed by atoms with Crippen molar-refractivity contribution in [1.82, 2.24) is 10.4 Å². The molecule has 3 amide bonds. The Morgan fingerprint density at radius 2 is 0.806 bits per heavy atom. The van der Waals surface area contributed by atoms with E-state index in [4.69, 9.17) is 66.4 Å². The van der Waals surface area contributed by atoms with E-state index in [2.05, 4.69) is 17.2 Å². The van der Waals surface area contributed by atoms with Gasteiger partial charge in [0.1, 0.15) is 0 Å². The molecule has 2 fully saturated rings. The standard InChI is InChI=1S/C42H70N2O18/c45-39-7-8-40(46)44(39)62-41(47)9-11-49-13-15-51-17-19-53-21-23-55-25-27-57-29-31-59-33-34-60-32-30-58-28-26-56-24-22-54-20-18-52-16-14-50-12-10-43-42(48)61-35-38-36-5-3-1-2-4-6-37(36)38/h36-38H,3-35H2,(H,43,48)/t36-,37-/m1/s1. The zero-order chi connectivity index (χ0) is 44.0. The lowest BCUT2D eigenvalue weighted by atomic mass is 10.1. The summed E-state index contributed by atoms with van der Waals surface area (Å²) >= 11 is 0. The molecule has 20 heteroatoms. The number of ether oxygens (including phenoxy) is 13. The monoisotopic (exact) mass is 890 g/mol. The zero-order valence-corrected chi connectivity index (χ0v) is 36.4. The Hall–Kier alpha value is -3.04. The van der Waals surface area contributed by atoms with Crippen molar-refractivity contribution in [3.8, 4) is 11.8 Å². The third-order valence-electron chi connectivity index (χ3n) is 9.50. The molecule has 62 heavy (non-hydrogen) atoms.